The summed E-state index contributed by atoms with van der Waals surface area (Å²) in [6, 6.07) is 17.0. The first-order valence-corrected chi connectivity index (χ1v) is 11.9. The molecule has 2 amide bonds. The number of rotatable bonds is 6. The van der Waals surface area contributed by atoms with Crippen molar-refractivity contribution in [2.75, 3.05) is 6.61 Å². The lowest BCUT2D eigenvalue weighted by molar-refractivity contribution is -0.123. The molecule has 0 radical (unpaired) electrons. The van der Waals surface area contributed by atoms with Crippen LogP contribution in [0.4, 0.5) is 4.79 Å². The van der Waals surface area contributed by atoms with Gasteiger partial charge in [0.15, 0.2) is 0 Å². The van der Waals surface area contributed by atoms with Crippen LogP contribution in [0.15, 0.2) is 59.5 Å². The van der Waals surface area contributed by atoms with Crippen LogP contribution in [0.25, 0.3) is 11.8 Å². The molecule has 1 aliphatic rings. The molecule has 2 aromatic carbocycles. The second-order valence-electron chi connectivity index (χ2n) is 8.12. The predicted octanol–water partition coefficient (Wildman–Crippen LogP) is 5.82. The fourth-order valence-electron chi connectivity index (χ4n) is 4.03. The first kappa shape index (κ1) is 23.6. The zero-order valence-corrected chi connectivity index (χ0v) is 20.4. The molecule has 0 N–H and O–H groups in total. The zero-order chi connectivity index (χ0) is 24.4. The van der Waals surface area contributed by atoms with E-state index < -0.39 is 0 Å². The van der Waals surface area contributed by atoms with E-state index in [1.807, 2.05) is 63.2 Å². The maximum absolute atomic E-state index is 13.0. The molecule has 34 heavy (non-hydrogen) atoms. The van der Waals surface area contributed by atoms with Gasteiger partial charge in [0.05, 0.1) is 23.6 Å². The van der Waals surface area contributed by atoms with Crippen LogP contribution in [0, 0.1) is 20.8 Å². The van der Waals surface area contributed by atoms with E-state index in [9.17, 15) is 14.4 Å². The van der Waals surface area contributed by atoms with E-state index in [0.717, 1.165) is 45.5 Å². The normalized spacial score (nSPS) is 14.8. The Morgan fingerprint density at radius 3 is 2.41 bits per heavy atom. The van der Waals surface area contributed by atoms with Gasteiger partial charge in [-0.3, -0.25) is 14.5 Å². The Morgan fingerprint density at radius 1 is 1.03 bits per heavy atom. The van der Waals surface area contributed by atoms with Gasteiger partial charge in [0.2, 0.25) is 0 Å². The van der Waals surface area contributed by atoms with Gasteiger partial charge in [-0.15, -0.1) is 0 Å². The molecule has 0 bridgehead atoms. The molecule has 0 spiro atoms. The highest BCUT2D eigenvalue weighted by Gasteiger charge is 2.35. The molecule has 4 rings (SSSR count). The van der Waals surface area contributed by atoms with E-state index in [2.05, 4.69) is 4.57 Å². The van der Waals surface area contributed by atoms with Gasteiger partial charge < -0.3 is 9.30 Å². The molecule has 3 aromatic rings. The van der Waals surface area contributed by atoms with Gasteiger partial charge in [0, 0.05) is 17.1 Å². The highest BCUT2D eigenvalue weighted by atomic mass is 32.2. The van der Waals surface area contributed by atoms with E-state index in [4.69, 9.17) is 4.74 Å². The number of benzene rings is 2. The van der Waals surface area contributed by atoms with Crippen LogP contribution < -0.4 is 0 Å². The van der Waals surface area contributed by atoms with Gasteiger partial charge in [-0.2, -0.15) is 0 Å². The minimum absolute atomic E-state index is 0.261. The van der Waals surface area contributed by atoms with Crippen molar-refractivity contribution in [2.24, 2.45) is 0 Å². The number of aryl methyl sites for hydroxylation is 2. The number of carbonyl (C=O) groups is 3. The van der Waals surface area contributed by atoms with Crippen molar-refractivity contribution in [2.45, 2.75) is 34.2 Å². The smallest absolute Gasteiger partial charge is 0.338 e. The van der Waals surface area contributed by atoms with Crippen molar-refractivity contribution >= 4 is 35.0 Å². The Labute approximate surface area is 203 Å². The number of carbonyl (C=O) groups excluding carboxylic acids is 3. The standard InChI is InChI=1S/C27H26N2O4S/c1-5-33-26(31)20-10-12-23(13-11-20)29-18(3)14-22(19(29)4)15-24-25(30)28(27(32)34-24)16-21-9-7-6-8-17(21)2/h6-15H,5,16H2,1-4H3/b24-15-. The highest BCUT2D eigenvalue weighted by molar-refractivity contribution is 8.18. The third-order valence-corrected chi connectivity index (χ3v) is 6.76. The number of aromatic nitrogens is 1. The zero-order valence-electron chi connectivity index (χ0n) is 19.6. The fourth-order valence-corrected chi connectivity index (χ4v) is 4.86. The van der Waals surface area contributed by atoms with Crippen molar-refractivity contribution in [3.05, 3.63) is 93.1 Å². The van der Waals surface area contributed by atoms with Crippen molar-refractivity contribution in [3.63, 3.8) is 0 Å². The molecule has 1 fully saturated rings. The van der Waals surface area contributed by atoms with Crippen LogP contribution in [0.3, 0.4) is 0 Å². The summed E-state index contributed by atoms with van der Waals surface area (Å²) in [7, 11) is 0. The Balaban J connectivity index is 1.59. The molecule has 6 nitrogen and oxygen atoms in total. The number of amides is 2. The molecular weight excluding hydrogens is 448 g/mol. The molecule has 0 saturated carbocycles. The molecule has 7 heteroatoms. The van der Waals surface area contributed by atoms with Crippen molar-refractivity contribution in [1.29, 1.82) is 0 Å². The van der Waals surface area contributed by atoms with Crippen molar-refractivity contribution < 1.29 is 19.1 Å². The predicted molar refractivity (Wildman–Crippen MR) is 134 cm³/mol. The van der Waals surface area contributed by atoms with Gasteiger partial charge in [-0.1, -0.05) is 24.3 Å². The summed E-state index contributed by atoms with van der Waals surface area (Å²) in [5.41, 5.74) is 6.18. The Bertz CT molecular complexity index is 1300. The maximum Gasteiger partial charge on any atom is 0.338 e. The minimum atomic E-state index is -0.350. The molecule has 0 aliphatic carbocycles. The molecule has 0 atom stereocenters. The molecular formula is C27H26N2O4S. The van der Waals surface area contributed by atoms with Crippen LogP contribution in [-0.4, -0.2) is 33.2 Å². The first-order valence-electron chi connectivity index (χ1n) is 11.1. The van der Waals surface area contributed by atoms with E-state index in [-0.39, 0.29) is 23.7 Å². The number of nitrogens with zero attached hydrogens (tertiary/aromatic N) is 2. The first-order chi connectivity index (χ1) is 16.3. The third kappa shape index (κ3) is 4.56. The molecule has 1 aliphatic heterocycles. The van der Waals surface area contributed by atoms with Crippen molar-refractivity contribution in [1.82, 2.24) is 9.47 Å². The van der Waals surface area contributed by atoms with Crippen molar-refractivity contribution in [3.8, 4) is 5.69 Å². The summed E-state index contributed by atoms with van der Waals surface area (Å²) in [5.74, 6) is -0.626. The Morgan fingerprint density at radius 2 is 1.74 bits per heavy atom. The SMILES string of the molecule is CCOC(=O)c1ccc(-n2c(C)cc(/C=C3\SC(=O)N(Cc4ccccc4C)C3=O)c2C)cc1. The molecule has 0 unspecified atom stereocenters. The topological polar surface area (TPSA) is 68.6 Å². The van der Waals surface area contributed by atoms with Crippen LogP contribution >= 0.6 is 11.8 Å². The largest absolute Gasteiger partial charge is 0.462 e. The average Bonchev–Trinajstić information content (AvgIpc) is 3.24. The molecule has 1 saturated heterocycles. The number of imide groups is 1. The van der Waals surface area contributed by atoms with E-state index >= 15 is 0 Å². The van der Waals surface area contributed by atoms with Crippen LogP contribution in [0.1, 0.15) is 45.4 Å². The fraction of sp³-hybridized carbons (Fsp3) is 0.222. The quantitative estimate of drug-likeness (QED) is 0.333. The van der Waals surface area contributed by atoms with Crippen LogP contribution in [0.5, 0.6) is 0 Å². The highest BCUT2D eigenvalue weighted by Crippen LogP contribution is 2.35. The lowest BCUT2D eigenvalue weighted by Gasteiger charge is -2.14. The molecule has 1 aromatic heterocycles. The lowest BCUT2D eigenvalue weighted by Crippen LogP contribution is -2.27. The summed E-state index contributed by atoms with van der Waals surface area (Å²) in [6.07, 6.45) is 1.79. The number of hydrogen-bond acceptors (Lipinski definition) is 5. The maximum atomic E-state index is 13.0. The minimum Gasteiger partial charge on any atom is -0.462 e. The monoisotopic (exact) mass is 474 g/mol. The number of thioether (sulfide) groups is 1. The number of esters is 1. The summed E-state index contributed by atoms with van der Waals surface area (Å²) in [4.78, 5) is 39.3. The summed E-state index contributed by atoms with van der Waals surface area (Å²) in [5, 5.41) is -0.261. The summed E-state index contributed by atoms with van der Waals surface area (Å²) in [6.45, 7) is 8.29. The summed E-state index contributed by atoms with van der Waals surface area (Å²) < 4.78 is 7.11. The average molecular weight is 475 g/mol. The van der Waals surface area contributed by atoms with Gasteiger partial charge in [-0.25, -0.2) is 4.79 Å². The van der Waals surface area contributed by atoms with Crippen LogP contribution in [-0.2, 0) is 16.1 Å². The summed E-state index contributed by atoms with van der Waals surface area (Å²) >= 11 is 0.969. The Kier molecular flexibility index (Phi) is 6.75. The lowest BCUT2D eigenvalue weighted by atomic mass is 10.1. The van der Waals surface area contributed by atoms with E-state index in [1.165, 1.54) is 4.90 Å². The molecule has 174 valence electrons. The van der Waals surface area contributed by atoms with Gasteiger partial charge in [0.1, 0.15) is 0 Å². The second kappa shape index (κ2) is 9.73. The Hall–Kier alpha value is -3.58. The van der Waals surface area contributed by atoms with Gasteiger partial charge >= 0.3 is 5.97 Å². The van der Waals surface area contributed by atoms with Gasteiger partial charge in [0.25, 0.3) is 11.1 Å². The third-order valence-electron chi connectivity index (χ3n) is 5.86. The number of ether oxygens (including phenoxy) is 1. The van der Waals surface area contributed by atoms with E-state index in [1.54, 1.807) is 25.1 Å². The van der Waals surface area contributed by atoms with Crippen LogP contribution in [0.2, 0.25) is 0 Å². The molecule has 2 heterocycles. The van der Waals surface area contributed by atoms with E-state index in [0.29, 0.717) is 17.1 Å². The van der Waals surface area contributed by atoms with Gasteiger partial charge in [-0.05, 0) is 92.6 Å². The number of hydrogen-bond donors (Lipinski definition) is 0. The second-order valence-corrected chi connectivity index (χ2v) is 9.12.